The van der Waals surface area contributed by atoms with E-state index in [2.05, 4.69) is 10.3 Å². The van der Waals surface area contributed by atoms with Crippen LogP contribution in [0.4, 0.5) is 0 Å². The molecule has 0 spiro atoms. The maximum absolute atomic E-state index is 12.0. The van der Waals surface area contributed by atoms with Gasteiger partial charge in [0.15, 0.2) is 0 Å². The summed E-state index contributed by atoms with van der Waals surface area (Å²) >= 11 is 0. The number of nitrogens with one attached hydrogen (secondary N) is 1. The summed E-state index contributed by atoms with van der Waals surface area (Å²) < 4.78 is 0. The molecule has 18 heavy (non-hydrogen) atoms. The highest BCUT2D eigenvalue weighted by molar-refractivity contribution is 5.94. The molecule has 1 amide bonds. The van der Waals surface area contributed by atoms with Crippen molar-refractivity contribution in [1.82, 2.24) is 10.3 Å². The second-order valence-corrected chi connectivity index (χ2v) is 5.34. The zero-order valence-corrected chi connectivity index (χ0v) is 11.0. The van der Waals surface area contributed by atoms with E-state index in [-0.39, 0.29) is 29.7 Å². The maximum Gasteiger partial charge on any atom is 0.253 e. The molecule has 0 bridgehead atoms. The number of aromatic hydroxyl groups is 1. The Kier molecular flexibility index (Phi) is 4.67. The van der Waals surface area contributed by atoms with E-state index < -0.39 is 0 Å². The first-order valence-electron chi connectivity index (χ1n) is 5.90. The topological polar surface area (TPSA) is 82.5 Å². The largest absolute Gasteiger partial charge is 0.506 e. The number of amides is 1. The van der Waals surface area contributed by atoms with E-state index in [1.54, 1.807) is 0 Å². The number of nitrogens with zero attached hydrogens (tertiary/aromatic N) is 1. The fraction of sp³-hybridized carbons (Fsp3) is 0.538. The SMILES string of the molecule is CC(C)(C)C(CCO)NC(=O)c1cncc(O)c1. The van der Waals surface area contributed by atoms with Crippen molar-refractivity contribution >= 4 is 5.91 Å². The molecule has 1 heterocycles. The molecule has 0 aliphatic carbocycles. The number of pyridine rings is 1. The Morgan fingerprint density at radius 3 is 2.61 bits per heavy atom. The van der Waals surface area contributed by atoms with Gasteiger partial charge in [0.1, 0.15) is 5.75 Å². The molecule has 1 aromatic heterocycles. The molecule has 0 saturated carbocycles. The molecule has 1 aromatic rings. The molecule has 5 heteroatoms. The van der Waals surface area contributed by atoms with Crippen molar-refractivity contribution in [3.63, 3.8) is 0 Å². The van der Waals surface area contributed by atoms with Gasteiger partial charge in [-0.3, -0.25) is 9.78 Å². The number of rotatable bonds is 4. The molecule has 0 aromatic carbocycles. The molecule has 0 fully saturated rings. The summed E-state index contributed by atoms with van der Waals surface area (Å²) in [7, 11) is 0. The Morgan fingerprint density at radius 1 is 1.44 bits per heavy atom. The highest BCUT2D eigenvalue weighted by Gasteiger charge is 2.26. The van der Waals surface area contributed by atoms with Crippen molar-refractivity contribution in [2.45, 2.75) is 33.2 Å². The monoisotopic (exact) mass is 252 g/mol. The number of aromatic nitrogens is 1. The number of hydrogen-bond donors (Lipinski definition) is 3. The first-order chi connectivity index (χ1) is 8.34. The van der Waals surface area contributed by atoms with Gasteiger partial charge >= 0.3 is 0 Å². The van der Waals surface area contributed by atoms with Crippen molar-refractivity contribution < 1.29 is 15.0 Å². The Labute approximate surface area is 107 Å². The van der Waals surface area contributed by atoms with Crippen LogP contribution < -0.4 is 5.32 Å². The van der Waals surface area contributed by atoms with E-state index in [1.807, 2.05) is 20.8 Å². The number of aliphatic hydroxyl groups excluding tert-OH is 1. The molecule has 100 valence electrons. The summed E-state index contributed by atoms with van der Waals surface area (Å²) in [5.41, 5.74) is 0.157. The molecular weight excluding hydrogens is 232 g/mol. The van der Waals surface area contributed by atoms with Gasteiger partial charge in [0.2, 0.25) is 0 Å². The van der Waals surface area contributed by atoms with Crippen LogP contribution >= 0.6 is 0 Å². The van der Waals surface area contributed by atoms with Gasteiger partial charge in [-0.2, -0.15) is 0 Å². The normalized spacial score (nSPS) is 13.1. The quantitative estimate of drug-likeness (QED) is 0.754. The van der Waals surface area contributed by atoms with Crippen LogP contribution in [-0.4, -0.2) is 33.8 Å². The second kappa shape index (κ2) is 5.82. The van der Waals surface area contributed by atoms with Gasteiger partial charge in [-0.05, 0) is 17.9 Å². The lowest BCUT2D eigenvalue weighted by Crippen LogP contribution is -2.44. The predicted molar refractivity (Wildman–Crippen MR) is 68.3 cm³/mol. The first-order valence-corrected chi connectivity index (χ1v) is 5.90. The standard InChI is InChI=1S/C13H20N2O3/c1-13(2,3)11(4-5-16)15-12(18)9-6-10(17)8-14-7-9/h6-8,11,16-17H,4-5H2,1-3H3,(H,15,18). The van der Waals surface area contributed by atoms with Gasteiger partial charge in [0.25, 0.3) is 5.91 Å². The van der Waals surface area contributed by atoms with Crippen LogP contribution in [0.5, 0.6) is 5.75 Å². The Hall–Kier alpha value is -1.62. The molecule has 1 unspecified atom stereocenters. The lowest BCUT2D eigenvalue weighted by molar-refractivity contribution is 0.0884. The van der Waals surface area contributed by atoms with Gasteiger partial charge in [0.05, 0.1) is 11.8 Å². The van der Waals surface area contributed by atoms with E-state index in [0.717, 1.165) is 0 Å². The zero-order chi connectivity index (χ0) is 13.8. The Bertz CT molecular complexity index is 413. The van der Waals surface area contributed by atoms with Crippen molar-refractivity contribution in [3.05, 3.63) is 24.0 Å². The third-order valence-electron chi connectivity index (χ3n) is 2.75. The van der Waals surface area contributed by atoms with Crippen molar-refractivity contribution in [2.24, 2.45) is 5.41 Å². The van der Waals surface area contributed by atoms with Gasteiger partial charge in [-0.1, -0.05) is 20.8 Å². The van der Waals surface area contributed by atoms with E-state index in [4.69, 9.17) is 5.11 Å². The smallest absolute Gasteiger partial charge is 0.253 e. The summed E-state index contributed by atoms with van der Waals surface area (Å²) in [6, 6.07) is 1.22. The van der Waals surface area contributed by atoms with Crippen LogP contribution in [0.25, 0.3) is 0 Å². The highest BCUT2D eigenvalue weighted by atomic mass is 16.3. The maximum atomic E-state index is 12.0. The van der Waals surface area contributed by atoms with Crippen LogP contribution in [0.1, 0.15) is 37.6 Å². The van der Waals surface area contributed by atoms with E-state index >= 15 is 0 Å². The summed E-state index contributed by atoms with van der Waals surface area (Å²) in [5, 5.41) is 21.2. The van der Waals surface area contributed by atoms with Crippen molar-refractivity contribution in [2.75, 3.05) is 6.61 Å². The van der Waals surface area contributed by atoms with Gasteiger partial charge in [-0.15, -0.1) is 0 Å². The fourth-order valence-corrected chi connectivity index (χ4v) is 1.64. The first kappa shape index (κ1) is 14.4. The fourth-order valence-electron chi connectivity index (χ4n) is 1.64. The molecule has 0 radical (unpaired) electrons. The minimum Gasteiger partial charge on any atom is -0.506 e. The van der Waals surface area contributed by atoms with Crippen LogP contribution in [0.3, 0.4) is 0 Å². The summed E-state index contributed by atoms with van der Waals surface area (Å²) in [6.07, 6.45) is 3.15. The van der Waals surface area contributed by atoms with Gasteiger partial charge < -0.3 is 15.5 Å². The number of carbonyl (C=O) groups is 1. The molecule has 1 atom stereocenters. The molecule has 5 nitrogen and oxygen atoms in total. The molecule has 3 N–H and O–H groups in total. The lowest BCUT2D eigenvalue weighted by Gasteiger charge is -2.31. The van der Waals surface area contributed by atoms with E-state index in [0.29, 0.717) is 12.0 Å². The molecular formula is C13H20N2O3. The molecule has 0 aliphatic heterocycles. The lowest BCUT2D eigenvalue weighted by atomic mass is 9.85. The second-order valence-electron chi connectivity index (χ2n) is 5.34. The minimum atomic E-state index is -0.299. The van der Waals surface area contributed by atoms with Crippen LogP contribution in [-0.2, 0) is 0 Å². The average Bonchev–Trinajstić information content (AvgIpc) is 2.27. The summed E-state index contributed by atoms with van der Waals surface area (Å²) in [4.78, 5) is 15.7. The Balaban J connectivity index is 2.79. The summed E-state index contributed by atoms with van der Waals surface area (Å²) in [5.74, 6) is -0.344. The zero-order valence-electron chi connectivity index (χ0n) is 11.0. The van der Waals surface area contributed by atoms with Crippen molar-refractivity contribution in [3.8, 4) is 5.75 Å². The average molecular weight is 252 g/mol. The van der Waals surface area contributed by atoms with Crippen LogP contribution in [0.15, 0.2) is 18.5 Å². The predicted octanol–water partition coefficient (Wildman–Crippen LogP) is 1.31. The van der Waals surface area contributed by atoms with E-state index in [9.17, 15) is 9.90 Å². The van der Waals surface area contributed by atoms with E-state index in [1.165, 1.54) is 18.5 Å². The highest BCUT2D eigenvalue weighted by Crippen LogP contribution is 2.22. The number of hydrogen-bond acceptors (Lipinski definition) is 4. The molecule has 0 aliphatic rings. The van der Waals surface area contributed by atoms with Crippen LogP contribution in [0, 0.1) is 5.41 Å². The van der Waals surface area contributed by atoms with Gasteiger partial charge in [0, 0.05) is 18.8 Å². The van der Waals surface area contributed by atoms with Gasteiger partial charge in [-0.25, -0.2) is 0 Å². The van der Waals surface area contributed by atoms with Crippen molar-refractivity contribution in [1.29, 1.82) is 0 Å². The number of carbonyl (C=O) groups excluding carboxylic acids is 1. The minimum absolute atomic E-state index is 0.0144. The number of aliphatic hydroxyl groups is 1. The Morgan fingerprint density at radius 2 is 2.11 bits per heavy atom. The third-order valence-corrected chi connectivity index (χ3v) is 2.75. The van der Waals surface area contributed by atoms with Crippen LogP contribution in [0.2, 0.25) is 0 Å². The molecule has 1 rings (SSSR count). The molecule has 0 saturated heterocycles. The summed E-state index contributed by atoms with van der Waals surface area (Å²) in [6.45, 7) is 6.00. The third kappa shape index (κ3) is 4.00.